The number of nitrogens with one attached hydrogen (secondary N) is 1. The summed E-state index contributed by atoms with van der Waals surface area (Å²) in [6.45, 7) is 10.0. The topological polar surface area (TPSA) is 99.6 Å². The lowest BCUT2D eigenvalue weighted by molar-refractivity contribution is -0.141. The van der Waals surface area contributed by atoms with Crippen molar-refractivity contribution in [2.45, 2.75) is 64.3 Å². The third kappa shape index (κ3) is 8.06. The third-order valence-electron chi connectivity index (χ3n) is 12.3. The van der Waals surface area contributed by atoms with Crippen molar-refractivity contribution < 1.29 is 19.8 Å². The van der Waals surface area contributed by atoms with Gasteiger partial charge in [0, 0.05) is 69.2 Å². The Morgan fingerprint density at radius 2 is 1.40 bits per heavy atom. The van der Waals surface area contributed by atoms with Crippen LogP contribution in [0.25, 0.3) is 11.1 Å². The van der Waals surface area contributed by atoms with Crippen molar-refractivity contribution in [3.8, 4) is 5.75 Å². The molecule has 3 saturated heterocycles. The molecule has 8 rings (SSSR count). The highest BCUT2D eigenvalue weighted by molar-refractivity contribution is 6.00. The van der Waals surface area contributed by atoms with Crippen LogP contribution in [0.4, 0.5) is 11.4 Å². The van der Waals surface area contributed by atoms with Gasteiger partial charge in [0.15, 0.2) is 0 Å². The number of hydrogen-bond acceptors (Lipinski definition) is 8. The molecule has 0 spiro atoms. The number of nitrogens with zero attached hydrogens (tertiary/aromatic N) is 4. The number of piperazine rings is 1. The molecule has 3 fully saturated rings. The molecule has 2 unspecified atom stereocenters. The number of aliphatic hydroxyl groups is 1. The Balaban J connectivity index is 0.823. The molecule has 4 aromatic rings. The summed E-state index contributed by atoms with van der Waals surface area (Å²) in [5.74, 6) is 0.471. The van der Waals surface area contributed by atoms with Crippen molar-refractivity contribution in [2.24, 2.45) is 5.92 Å². The minimum absolute atomic E-state index is 0.238. The highest BCUT2D eigenvalue weighted by Crippen LogP contribution is 2.38. The first-order chi connectivity index (χ1) is 26.8. The summed E-state index contributed by atoms with van der Waals surface area (Å²) in [6.07, 6.45) is 4.48. The molecule has 0 saturated carbocycles. The average molecular weight is 740 g/mol. The maximum Gasteiger partial charge on any atom is 0.244 e. The second kappa shape index (κ2) is 16.4. The molecule has 2 atom stereocenters. The van der Waals surface area contributed by atoms with E-state index in [1.165, 1.54) is 52.9 Å². The number of piperidine rings is 2. The Bertz CT molecular complexity index is 2000. The monoisotopic (exact) mass is 739 g/mol. The van der Waals surface area contributed by atoms with E-state index in [-0.39, 0.29) is 17.6 Å². The van der Waals surface area contributed by atoms with E-state index in [0.717, 1.165) is 74.8 Å². The molecule has 4 aliphatic rings. The summed E-state index contributed by atoms with van der Waals surface area (Å²) < 4.78 is 0. The van der Waals surface area contributed by atoms with Gasteiger partial charge in [0.05, 0.1) is 6.04 Å². The Labute approximate surface area is 324 Å². The number of aliphatic hydroxyl groups excluding tert-OH is 1. The number of allylic oxidation sites excluding steroid dienone is 1. The Morgan fingerprint density at radius 1 is 0.745 bits per heavy atom. The van der Waals surface area contributed by atoms with E-state index in [9.17, 15) is 19.8 Å². The predicted octanol–water partition coefficient (Wildman–Crippen LogP) is 6.80. The molecule has 0 aliphatic carbocycles. The number of amides is 2. The summed E-state index contributed by atoms with van der Waals surface area (Å²) in [5, 5.41) is 23.4. The van der Waals surface area contributed by atoms with Crippen LogP contribution in [0.2, 0.25) is 0 Å². The largest absolute Gasteiger partial charge is 0.508 e. The van der Waals surface area contributed by atoms with E-state index < -0.39 is 12.3 Å². The van der Waals surface area contributed by atoms with Gasteiger partial charge in [-0.25, -0.2) is 0 Å². The molecular formula is C46H53N5O4. The highest BCUT2D eigenvalue weighted by atomic mass is 16.3. The van der Waals surface area contributed by atoms with Crippen LogP contribution in [0.3, 0.4) is 0 Å². The quantitative estimate of drug-likeness (QED) is 0.121. The van der Waals surface area contributed by atoms with Crippen LogP contribution < -0.4 is 15.1 Å². The zero-order valence-electron chi connectivity index (χ0n) is 31.9. The van der Waals surface area contributed by atoms with Gasteiger partial charge in [-0.2, -0.15) is 0 Å². The molecule has 9 nitrogen and oxygen atoms in total. The molecule has 55 heavy (non-hydrogen) atoms. The van der Waals surface area contributed by atoms with Crippen LogP contribution in [0.1, 0.15) is 79.5 Å². The van der Waals surface area contributed by atoms with E-state index in [4.69, 9.17) is 0 Å². The predicted molar refractivity (Wildman–Crippen MR) is 219 cm³/mol. The lowest BCUT2D eigenvalue weighted by Crippen LogP contribution is -2.51. The summed E-state index contributed by atoms with van der Waals surface area (Å²) in [4.78, 5) is 33.5. The number of fused-ring (bicyclic) bond motifs is 1. The van der Waals surface area contributed by atoms with Gasteiger partial charge >= 0.3 is 0 Å². The summed E-state index contributed by atoms with van der Waals surface area (Å²) in [5.41, 5.74) is 10.4. The highest BCUT2D eigenvalue weighted by Gasteiger charge is 2.40. The maximum absolute atomic E-state index is 12.5. The second-order valence-corrected chi connectivity index (χ2v) is 15.6. The van der Waals surface area contributed by atoms with Crippen LogP contribution in [0.5, 0.6) is 5.75 Å². The van der Waals surface area contributed by atoms with E-state index in [2.05, 4.69) is 93.7 Å². The van der Waals surface area contributed by atoms with E-state index in [0.29, 0.717) is 19.4 Å². The molecule has 4 heterocycles. The fourth-order valence-electron chi connectivity index (χ4n) is 9.14. The number of imide groups is 1. The van der Waals surface area contributed by atoms with Crippen LogP contribution in [-0.2, 0) is 16.1 Å². The summed E-state index contributed by atoms with van der Waals surface area (Å²) >= 11 is 0. The number of carbonyl (C=O) groups excluding carboxylic acids is 2. The summed E-state index contributed by atoms with van der Waals surface area (Å²) in [6, 6.07) is 33.1. The zero-order chi connectivity index (χ0) is 37.9. The molecule has 4 aliphatic heterocycles. The van der Waals surface area contributed by atoms with Crippen molar-refractivity contribution in [1.29, 1.82) is 0 Å². The minimum Gasteiger partial charge on any atom is -0.508 e. The van der Waals surface area contributed by atoms with Crippen molar-refractivity contribution in [3.05, 3.63) is 125 Å². The number of phenols is 1. The molecule has 286 valence electrons. The van der Waals surface area contributed by atoms with Crippen molar-refractivity contribution in [2.75, 3.05) is 55.6 Å². The Kier molecular flexibility index (Phi) is 11.0. The zero-order valence-corrected chi connectivity index (χ0v) is 31.9. The van der Waals surface area contributed by atoms with E-state index in [1.54, 1.807) is 12.1 Å². The number of hydrogen-bond donors (Lipinski definition) is 3. The van der Waals surface area contributed by atoms with Gasteiger partial charge in [-0.1, -0.05) is 67.6 Å². The minimum atomic E-state index is -0.829. The van der Waals surface area contributed by atoms with Gasteiger partial charge in [-0.05, 0) is 114 Å². The molecule has 2 amide bonds. The maximum atomic E-state index is 12.5. The smallest absolute Gasteiger partial charge is 0.244 e. The van der Waals surface area contributed by atoms with Crippen molar-refractivity contribution in [3.63, 3.8) is 0 Å². The van der Waals surface area contributed by atoms with Crippen molar-refractivity contribution >= 4 is 34.3 Å². The SMILES string of the molecule is CC/C(=C(\c1ccc(O)cc1)c1ccc(N2CCC(CCN3CCN(c4ccc5c(c4)CN(C4CCC(=O)NC4=O)C5O)CC3)CC2)cc1)c1ccccc1. The number of carbonyl (C=O) groups is 2. The number of anilines is 2. The second-order valence-electron chi connectivity index (χ2n) is 15.6. The third-order valence-corrected chi connectivity index (χ3v) is 12.3. The summed E-state index contributed by atoms with van der Waals surface area (Å²) in [7, 11) is 0. The van der Waals surface area contributed by atoms with Gasteiger partial charge in [0.1, 0.15) is 12.0 Å². The van der Waals surface area contributed by atoms with Crippen LogP contribution in [0.15, 0.2) is 97.1 Å². The first kappa shape index (κ1) is 37.0. The molecule has 0 aromatic heterocycles. The van der Waals surface area contributed by atoms with Crippen LogP contribution >= 0.6 is 0 Å². The van der Waals surface area contributed by atoms with E-state index in [1.807, 2.05) is 23.1 Å². The van der Waals surface area contributed by atoms with Crippen LogP contribution in [0, 0.1) is 5.92 Å². The Hall–Kier alpha value is -4.96. The Morgan fingerprint density at radius 3 is 2.07 bits per heavy atom. The molecular weight excluding hydrogens is 687 g/mol. The van der Waals surface area contributed by atoms with Gasteiger partial charge < -0.3 is 20.0 Å². The first-order valence-electron chi connectivity index (χ1n) is 20.2. The lowest BCUT2D eigenvalue weighted by Gasteiger charge is -2.38. The van der Waals surface area contributed by atoms with E-state index >= 15 is 0 Å². The number of benzene rings is 4. The molecule has 3 N–H and O–H groups in total. The fraction of sp³-hybridized carbons (Fsp3) is 0.391. The number of aromatic hydroxyl groups is 1. The molecule has 0 radical (unpaired) electrons. The number of phenolic OH excluding ortho intramolecular Hbond substituents is 1. The first-order valence-corrected chi connectivity index (χ1v) is 20.2. The van der Waals surface area contributed by atoms with Gasteiger partial charge in [0.25, 0.3) is 0 Å². The van der Waals surface area contributed by atoms with Gasteiger partial charge in [-0.15, -0.1) is 0 Å². The molecule has 4 aromatic carbocycles. The lowest BCUT2D eigenvalue weighted by atomic mass is 9.88. The van der Waals surface area contributed by atoms with Gasteiger partial charge in [-0.3, -0.25) is 24.7 Å². The fourth-order valence-corrected chi connectivity index (χ4v) is 9.14. The normalized spacial score (nSPS) is 21.7. The van der Waals surface area contributed by atoms with Gasteiger partial charge in [0.2, 0.25) is 11.8 Å². The standard InChI is InChI=1S/C46H53N5O4/c1-2-40(33-6-4-3-5-7-33)44(35-10-15-39(52)16-11-35)34-8-12-37(13-9-34)49-24-21-32(22-25-49)20-23-48-26-28-50(29-27-48)38-14-17-41-36(30-38)31-51(46(41)55)42-18-19-43(53)47-45(42)54/h3-17,30,32,42,46,52,55H,2,18-29,31H2,1H3,(H,47,53,54)/b44-40+. The number of rotatable bonds is 10. The molecule has 9 heteroatoms. The average Bonchev–Trinajstić information content (AvgIpc) is 3.55. The molecule has 0 bridgehead atoms. The van der Waals surface area contributed by atoms with Crippen LogP contribution in [-0.4, -0.2) is 83.7 Å². The van der Waals surface area contributed by atoms with Crippen molar-refractivity contribution in [1.82, 2.24) is 15.1 Å².